The summed E-state index contributed by atoms with van der Waals surface area (Å²) in [5.41, 5.74) is 5.72. The van der Waals surface area contributed by atoms with Crippen LogP contribution < -0.4 is 5.73 Å². The fourth-order valence-corrected chi connectivity index (χ4v) is 2.93. The van der Waals surface area contributed by atoms with Crippen molar-refractivity contribution in [3.05, 3.63) is 48.0 Å². The summed E-state index contributed by atoms with van der Waals surface area (Å²) in [6.45, 7) is 4.00. The Hall–Kier alpha value is -2.11. The van der Waals surface area contributed by atoms with Crippen LogP contribution in [-0.4, -0.2) is 22.8 Å². The molecule has 0 heterocycles. The first-order valence-electron chi connectivity index (χ1n) is 8.33. The minimum absolute atomic E-state index is 0.116. The van der Waals surface area contributed by atoms with Gasteiger partial charge in [-0.05, 0) is 35.2 Å². The van der Waals surface area contributed by atoms with Crippen molar-refractivity contribution in [1.29, 1.82) is 0 Å². The van der Waals surface area contributed by atoms with Gasteiger partial charge in [-0.25, -0.2) is 4.79 Å². The Labute approximate surface area is 152 Å². The van der Waals surface area contributed by atoms with Gasteiger partial charge in [0.25, 0.3) is 0 Å². The van der Waals surface area contributed by atoms with E-state index in [1.54, 1.807) is 0 Å². The Morgan fingerprint density at radius 1 is 1.28 bits per heavy atom. The molecule has 0 aromatic heterocycles. The summed E-state index contributed by atoms with van der Waals surface area (Å²) in [5, 5.41) is 16.5. The van der Waals surface area contributed by atoms with E-state index in [1.165, 1.54) is 0 Å². The number of rotatable bonds is 4. The number of nitrogens with zero attached hydrogens (tertiary/aromatic N) is 1. The minimum atomic E-state index is -0.925. The number of aliphatic hydroxyl groups is 1. The summed E-state index contributed by atoms with van der Waals surface area (Å²) in [4.78, 5) is 15.5. The van der Waals surface area contributed by atoms with Gasteiger partial charge in [-0.15, -0.1) is 11.6 Å². The lowest BCUT2D eigenvalue weighted by Crippen LogP contribution is -2.47. The van der Waals surface area contributed by atoms with E-state index in [0.29, 0.717) is 12.8 Å². The standard InChI is InChI=1S/C17H17ClN2O3.C2H6/c18-10-15(21)23-20-16(19)13-8-17(22,9-13)14-6-5-11-3-1-2-4-12(11)7-14;1-2/h1-7,13,22H,8-10H2,(H2,19,20);1-2H3. The monoisotopic (exact) mass is 362 g/mol. The number of oxime groups is 1. The minimum Gasteiger partial charge on any atom is -0.385 e. The fourth-order valence-electron chi connectivity index (χ4n) is 2.88. The highest BCUT2D eigenvalue weighted by Gasteiger charge is 2.46. The first-order chi connectivity index (χ1) is 12.0. The molecule has 1 fully saturated rings. The van der Waals surface area contributed by atoms with Crippen molar-refractivity contribution in [3.63, 3.8) is 0 Å². The molecule has 0 spiro atoms. The molecule has 6 heteroatoms. The van der Waals surface area contributed by atoms with Gasteiger partial charge in [0.15, 0.2) is 0 Å². The first-order valence-corrected chi connectivity index (χ1v) is 8.86. The lowest BCUT2D eigenvalue weighted by atomic mass is 9.67. The van der Waals surface area contributed by atoms with Gasteiger partial charge in [-0.2, -0.15) is 0 Å². The van der Waals surface area contributed by atoms with Crippen molar-refractivity contribution in [2.45, 2.75) is 32.3 Å². The maximum absolute atomic E-state index is 11.0. The number of amidine groups is 1. The molecule has 0 aliphatic heterocycles. The number of alkyl halides is 1. The highest BCUT2D eigenvalue weighted by molar-refractivity contribution is 6.26. The van der Waals surface area contributed by atoms with Crippen LogP contribution in [0.3, 0.4) is 0 Å². The van der Waals surface area contributed by atoms with Crippen molar-refractivity contribution < 1.29 is 14.7 Å². The zero-order valence-corrected chi connectivity index (χ0v) is 15.2. The Balaban J connectivity index is 0.00000109. The van der Waals surface area contributed by atoms with E-state index in [9.17, 15) is 9.90 Å². The number of hydrogen-bond donors (Lipinski definition) is 2. The molecular weight excluding hydrogens is 340 g/mol. The van der Waals surface area contributed by atoms with E-state index in [4.69, 9.17) is 17.3 Å². The molecule has 25 heavy (non-hydrogen) atoms. The number of benzene rings is 2. The predicted molar refractivity (Wildman–Crippen MR) is 100 cm³/mol. The summed E-state index contributed by atoms with van der Waals surface area (Å²) in [6, 6.07) is 13.9. The molecule has 3 rings (SSSR count). The van der Waals surface area contributed by atoms with Crippen molar-refractivity contribution in [2.24, 2.45) is 16.8 Å². The van der Waals surface area contributed by atoms with E-state index in [1.807, 2.05) is 56.3 Å². The number of carbonyl (C=O) groups is 1. The van der Waals surface area contributed by atoms with Gasteiger partial charge in [0.1, 0.15) is 11.7 Å². The van der Waals surface area contributed by atoms with Crippen LogP contribution >= 0.6 is 11.6 Å². The summed E-state index contributed by atoms with van der Waals surface area (Å²) in [6.07, 6.45) is 0.887. The van der Waals surface area contributed by atoms with E-state index >= 15 is 0 Å². The maximum Gasteiger partial charge on any atom is 0.349 e. The normalized spacial score (nSPS) is 22.6. The van der Waals surface area contributed by atoms with E-state index in [2.05, 4.69) is 9.99 Å². The lowest BCUT2D eigenvalue weighted by Gasteiger charge is -2.43. The number of hydrogen-bond acceptors (Lipinski definition) is 4. The third-order valence-corrected chi connectivity index (χ3v) is 4.45. The summed E-state index contributed by atoms with van der Waals surface area (Å²) in [5.74, 6) is -0.843. The third kappa shape index (κ3) is 4.30. The second kappa shape index (κ2) is 8.32. The summed E-state index contributed by atoms with van der Waals surface area (Å²) >= 11 is 5.31. The molecule has 0 radical (unpaired) electrons. The molecule has 0 bridgehead atoms. The Kier molecular flexibility index (Phi) is 6.39. The quantitative estimate of drug-likeness (QED) is 0.286. The molecule has 0 amide bonds. The Morgan fingerprint density at radius 2 is 1.92 bits per heavy atom. The second-order valence-corrected chi connectivity index (χ2v) is 6.08. The Bertz CT molecular complexity index is 770. The van der Waals surface area contributed by atoms with Gasteiger partial charge < -0.3 is 15.7 Å². The number of fused-ring (bicyclic) bond motifs is 1. The second-order valence-electron chi connectivity index (χ2n) is 5.81. The molecule has 1 saturated carbocycles. The van der Waals surface area contributed by atoms with Crippen molar-refractivity contribution in [2.75, 3.05) is 5.88 Å². The number of nitrogens with two attached hydrogens (primary N) is 1. The van der Waals surface area contributed by atoms with E-state index in [-0.39, 0.29) is 17.6 Å². The molecule has 1 aliphatic rings. The molecule has 0 atom stereocenters. The SMILES string of the molecule is CC.N/C(=N/OC(=O)CCl)C1CC(O)(c2ccc3ccccc3c2)C1. The fraction of sp³-hybridized carbons (Fsp3) is 0.368. The molecule has 5 nitrogen and oxygen atoms in total. The van der Waals surface area contributed by atoms with Crippen molar-refractivity contribution in [3.8, 4) is 0 Å². The average molecular weight is 363 g/mol. The number of halogens is 1. The van der Waals surface area contributed by atoms with Crippen LogP contribution in [0.25, 0.3) is 10.8 Å². The molecule has 134 valence electrons. The molecule has 0 saturated heterocycles. The molecule has 2 aromatic rings. The van der Waals surface area contributed by atoms with Gasteiger partial charge in [-0.3, -0.25) is 0 Å². The van der Waals surface area contributed by atoms with Gasteiger partial charge in [-0.1, -0.05) is 55.4 Å². The first kappa shape index (κ1) is 19.2. The predicted octanol–water partition coefficient (Wildman–Crippen LogP) is 3.52. The average Bonchev–Trinajstić information content (AvgIpc) is 2.64. The molecule has 3 N–H and O–H groups in total. The van der Waals surface area contributed by atoms with Crippen LogP contribution in [-0.2, 0) is 15.2 Å². The van der Waals surface area contributed by atoms with Gasteiger partial charge in [0, 0.05) is 5.92 Å². The lowest BCUT2D eigenvalue weighted by molar-refractivity contribution is -0.140. The largest absolute Gasteiger partial charge is 0.385 e. The molecular formula is C19H23ClN2O3. The maximum atomic E-state index is 11.0. The van der Waals surface area contributed by atoms with Gasteiger partial charge >= 0.3 is 5.97 Å². The van der Waals surface area contributed by atoms with Crippen molar-refractivity contribution >= 4 is 34.2 Å². The molecule has 1 aliphatic carbocycles. The third-order valence-electron chi connectivity index (χ3n) is 4.24. The summed E-state index contributed by atoms with van der Waals surface area (Å²) < 4.78 is 0. The van der Waals surface area contributed by atoms with E-state index < -0.39 is 11.6 Å². The van der Waals surface area contributed by atoms with Crippen LogP contribution in [0.2, 0.25) is 0 Å². The zero-order valence-electron chi connectivity index (χ0n) is 14.4. The topological polar surface area (TPSA) is 84.9 Å². The van der Waals surface area contributed by atoms with Crippen LogP contribution in [0.5, 0.6) is 0 Å². The van der Waals surface area contributed by atoms with Crippen LogP contribution in [0.4, 0.5) is 0 Å². The highest BCUT2D eigenvalue weighted by Crippen LogP contribution is 2.46. The van der Waals surface area contributed by atoms with Gasteiger partial charge in [0.05, 0.1) is 5.60 Å². The van der Waals surface area contributed by atoms with Crippen LogP contribution in [0, 0.1) is 5.92 Å². The van der Waals surface area contributed by atoms with Crippen LogP contribution in [0.1, 0.15) is 32.3 Å². The van der Waals surface area contributed by atoms with E-state index in [0.717, 1.165) is 16.3 Å². The number of carbonyl (C=O) groups excluding carboxylic acids is 1. The smallest absolute Gasteiger partial charge is 0.349 e. The zero-order chi connectivity index (χ0) is 18.4. The van der Waals surface area contributed by atoms with Gasteiger partial charge in [0.2, 0.25) is 0 Å². The summed E-state index contributed by atoms with van der Waals surface area (Å²) in [7, 11) is 0. The highest BCUT2D eigenvalue weighted by atomic mass is 35.5. The molecule has 2 aromatic carbocycles. The Morgan fingerprint density at radius 3 is 2.56 bits per heavy atom. The van der Waals surface area contributed by atoms with Crippen LogP contribution in [0.15, 0.2) is 47.6 Å². The van der Waals surface area contributed by atoms with Crippen molar-refractivity contribution in [1.82, 2.24) is 0 Å². The molecule has 0 unspecified atom stereocenters.